The molecular formula is C13H23F3N2. The van der Waals surface area contributed by atoms with Crippen LogP contribution in [0.3, 0.4) is 0 Å². The first-order valence-electron chi connectivity index (χ1n) is 6.58. The normalized spacial score (nSPS) is 26.9. The Morgan fingerprint density at radius 2 is 2.11 bits per heavy atom. The summed E-state index contributed by atoms with van der Waals surface area (Å²) >= 11 is 0. The van der Waals surface area contributed by atoms with Crippen LogP contribution in [0.25, 0.3) is 0 Å². The smallest absolute Gasteiger partial charge is 0.271 e. The van der Waals surface area contributed by atoms with Crippen LogP contribution in [0, 0.1) is 11.8 Å². The molecule has 0 amide bonds. The van der Waals surface area contributed by atoms with E-state index in [1.807, 2.05) is 6.92 Å². The van der Waals surface area contributed by atoms with Crippen LogP contribution in [0.5, 0.6) is 0 Å². The maximum absolute atomic E-state index is 12.7. The zero-order chi connectivity index (χ0) is 13.8. The molecule has 0 aromatic rings. The van der Waals surface area contributed by atoms with Gasteiger partial charge in [0.2, 0.25) is 0 Å². The number of nitrogens with one attached hydrogen (secondary N) is 1. The molecule has 5 heteroatoms. The van der Waals surface area contributed by atoms with Crippen molar-refractivity contribution in [2.45, 2.75) is 57.7 Å². The highest BCUT2D eigenvalue weighted by atomic mass is 19.4. The van der Waals surface area contributed by atoms with Gasteiger partial charge in [-0.05, 0) is 38.0 Å². The Hall–Kier alpha value is -0.550. The molecule has 0 aliphatic heterocycles. The maximum Gasteiger partial charge on any atom is 0.391 e. The van der Waals surface area contributed by atoms with Crippen molar-refractivity contribution < 1.29 is 13.2 Å². The topological polar surface area (TPSA) is 38.0 Å². The van der Waals surface area contributed by atoms with Gasteiger partial charge in [0.25, 0.3) is 0 Å². The Balaban J connectivity index is 2.60. The Morgan fingerprint density at radius 3 is 2.61 bits per heavy atom. The largest absolute Gasteiger partial charge is 0.391 e. The average molecular weight is 264 g/mol. The van der Waals surface area contributed by atoms with Crippen LogP contribution in [-0.4, -0.2) is 12.2 Å². The number of hydrogen-bond acceptors (Lipinski definition) is 2. The van der Waals surface area contributed by atoms with E-state index in [9.17, 15) is 13.2 Å². The molecule has 0 radical (unpaired) electrons. The Kier molecular flexibility index (Phi) is 5.66. The molecule has 3 unspecified atom stereocenters. The van der Waals surface area contributed by atoms with E-state index in [1.54, 1.807) is 0 Å². The van der Waals surface area contributed by atoms with Crippen molar-refractivity contribution in [3.63, 3.8) is 0 Å². The minimum atomic E-state index is -4.07. The molecule has 0 saturated heterocycles. The summed E-state index contributed by atoms with van der Waals surface area (Å²) in [7, 11) is 0. The van der Waals surface area contributed by atoms with Crippen molar-refractivity contribution in [3.05, 3.63) is 12.2 Å². The van der Waals surface area contributed by atoms with Crippen LogP contribution in [-0.2, 0) is 0 Å². The summed E-state index contributed by atoms with van der Waals surface area (Å²) in [5.41, 5.74) is 3.72. The second-order valence-electron chi connectivity index (χ2n) is 5.25. The number of rotatable bonds is 5. The van der Waals surface area contributed by atoms with Gasteiger partial charge in [0.1, 0.15) is 0 Å². The first kappa shape index (κ1) is 15.5. The average Bonchev–Trinajstić information content (AvgIpc) is 2.34. The number of alkyl halides is 3. The van der Waals surface area contributed by atoms with Crippen molar-refractivity contribution in [1.82, 2.24) is 5.43 Å². The summed E-state index contributed by atoms with van der Waals surface area (Å²) in [6.07, 6.45) is -0.666. The van der Waals surface area contributed by atoms with Gasteiger partial charge in [-0.1, -0.05) is 25.5 Å². The number of hydrogen-bond donors (Lipinski definition) is 2. The van der Waals surface area contributed by atoms with E-state index in [0.29, 0.717) is 12.8 Å². The summed E-state index contributed by atoms with van der Waals surface area (Å²) in [4.78, 5) is 0. The second-order valence-corrected chi connectivity index (χ2v) is 5.25. The summed E-state index contributed by atoms with van der Waals surface area (Å²) < 4.78 is 38.2. The molecule has 1 rings (SSSR count). The number of halogens is 3. The minimum absolute atomic E-state index is 0.00123. The van der Waals surface area contributed by atoms with Gasteiger partial charge in [0.05, 0.1) is 5.92 Å². The molecule has 0 heterocycles. The fourth-order valence-corrected chi connectivity index (χ4v) is 2.71. The lowest BCUT2D eigenvalue weighted by atomic mass is 9.76. The molecule has 2 nitrogen and oxygen atoms in total. The van der Waals surface area contributed by atoms with E-state index in [0.717, 1.165) is 18.4 Å². The lowest BCUT2D eigenvalue weighted by molar-refractivity contribution is -0.186. The van der Waals surface area contributed by atoms with Crippen LogP contribution in [0.2, 0.25) is 0 Å². The molecule has 1 fully saturated rings. The maximum atomic E-state index is 12.7. The van der Waals surface area contributed by atoms with Gasteiger partial charge in [-0.15, -0.1) is 0 Å². The molecule has 3 atom stereocenters. The standard InChI is InChI=1S/C13H23F3N2/c1-3-9(2)7-12(18-17)10-5-4-6-11(8-10)13(14,15)16/h10-12,18H,2-8,17H2,1H3. The summed E-state index contributed by atoms with van der Waals surface area (Å²) in [5.74, 6) is 4.32. The molecule has 1 saturated carbocycles. The summed E-state index contributed by atoms with van der Waals surface area (Å²) in [6.45, 7) is 5.90. The second kappa shape index (κ2) is 6.57. The van der Waals surface area contributed by atoms with Gasteiger partial charge in [-0.2, -0.15) is 13.2 Å². The van der Waals surface area contributed by atoms with Crippen LogP contribution in [0.15, 0.2) is 12.2 Å². The van der Waals surface area contributed by atoms with E-state index in [1.165, 1.54) is 0 Å². The Morgan fingerprint density at radius 1 is 1.44 bits per heavy atom. The molecule has 0 bridgehead atoms. The lowest BCUT2D eigenvalue weighted by Gasteiger charge is -2.35. The van der Waals surface area contributed by atoms with Crippen molar-refractivity contribution in [2.75, 3.05) is 0 Å². The third-order valence-electron chi connectivity index (χ3n) is 3.97. The zero-order valence-electron chi connectivity index (χ0n) is 10.9. The van der Waals surface area contributed by atoms with E-state index in [2.05, 4.69) is 12.0 Å². The minimum Gasteiger partial charge on any atom is -0.271 e. The van der Waals surface area contributed by atoms with Crippen LogP contribution >= 0.6 is 0 Å². The van der Waals surface area contributed by atoms with Gasteiger partial charge in [0.15, 0.2) is 0 Å². The summed E-state index contributed by atoms with van der Waals surface area (Å²) in [6, 6.07) is -0.0809. The molecule has 106 valence electrons. The highest BCUT2D eigenvalue weighted by Crippen LogP contribution is 2.41. The quantitative estimate of drug-likeness (QED) is 0.453. The van der Waals surface area contributed by atoms with Crippen molar-refractivity contribution in [1.29, 1.82) is 0 Å². The van der Waals surface area contributed by atoms with Crippen LogP contribution in [0.4, 0.5) is 13.2 Å². The Labute approximate surface area is 107 Å². The number of nitrogens with two attached hydrogens (primary N) is 1. The third-order valence-corrected chi connectivity index (χ3v) is 3.97. The molecule has 18 heavy (non-hydrogen) atoms. The van der Waals surface area contributed by atoms with Gasteiger partial charge in [-0.3, -0.25) is 11.3 Å². The SMILES string of the molecule is C=C(CC)CC(NN)C1CCCC(C(F)(F)F)C1. The first-order chi connectivity index (χ1) is 8.38. The zero-order valence-corrected chi connectivity index (χ0v) is 10.9. The molecule has 0 spiro atoms. The van der Waals surface area contributed by atoms with Crippen LogP contribution < -0.4 is 11.3 Å². The third kappa shape index (κ3) is 4.28. The number of hydrazine groups is 1. The van der Waals surface area contributed by atoms with Gasteiger partial charge < -0.3 is 0 Å². The molecule has 0 aromatic carbocycles. The van der Waals surface area contributed by atoms with E-state index >= 15 is 0 Å². The molecule has 3 N–H and O–H groups in total. The summed E-state index contributed by atoms with van der Waals surface area (Å²) in [5, 5.41) is 0. The molecule has 1 aliphatic rings. The van der Waals surface area contributed by atoms with Crippen molar-refractivity contribution in [2.24, 2.45) is 17.7 Å². The first-order valence-corrected chi connectivity index (χ1v) is 6.58. The fraction of sp³-hybridized carbons (Fsp3) is 0.846. The van der Waals surface area contributed by atoms with Crippen molar-refractivity contribution >= 4 is 0 Å². The Bertz CT molecular complexity index is 276. The highest BCUT2D eigenvalue weighted by molar-refractivity contribution is 4.98. The highest BCUT2D eigenvalue weighted by Gasteiger charge is 2.43. The van der Waals surface area contributed by atoms with E-state index in [4.69, 9.17) is 5.84 Å². The molecule has 0 aromatic heterocycles. The van der Waals surface area contributed by atoms with E-state index in [-0.39, 0.29) is 24.8 Å². The van der Waals surface area contributed by atoms with Crippen LogP contribution in [0.1, 0.15) is 45.4 Å². The molecule has 1 aliphatic carbocycles. The van der Waals surface area contributed by atoms with Gasteiger partial charge >= 0.3 is 6.18 Å². The predicted molar refractivity (Wildman–Crippen MR) is 66.7 cm³/mol. The van der Waals surface area contributed by atoms with Gasteiger partial charge in [-0.25, -0.2) is 0 Å². The predicted octanol–water partition coefficient (Wildman–Crippen LogP) is 3.54. The lowest BCUT2D eigenvalue weighted by Crippen LogP contribution is -2.44. The van der Waals surface area contributed by atoms with Gasteiger partial charge in [0, 0.05) is 6.04 Å². The fourth-order valence-electron chi connectivity index (χ4n) is 2.71. The monoisotopic (exact) mass is 264 g/mol. The van der Waals surface area contributed by atoms with E-state index < -0.39 is 12.1 Å². The van der Waals surface area contributed by atoms with Crippen molar-refractivity contribution in [3.8, 4) is 0 Å². The molecular weight excluding hydrogens is 241 g/mol.